The van der Waals surface area contributed by atoms with E-state index in [0.717, 1.165) is 0 Å². The van der Waals surface area contributed by atoms with Gasteiger partial charge in [0.15, 0.2) is 4.77 Å². The van der Waals surface area contributed by atoms with Crippen LogP contribution in [0.2, 0.25) is 0 Å². The van der Waals surface area contributed by atoms with Crippen LogP contribution >= 0.6 is 12.2 Å². The molecular formula is C9H14N4O3S. The first-order valence-electron chi connectivity index (χ1n) is 5.06. The first-order valence-corrected chi connectivity index (χ1v) is 5.47. The second kappa shape index (κ2) is 5.58. The van der Waals surface area contributed by atoms with Gasteiger partial charge < -0.3 is 10.1 Å². The Balaban J connectivity index is 2.74. The number of nitrogens with one attached hydrogen (secondary N) is 3. The molecule has 0 unspecified atom stereocenters. The third kappa shape index (κ3) is 3.99. The average Bonchev–Trinajstić information content (AvgIpc) is 2.21. The number of ether oxygens (including phenoxy) is 1. The van der Waals surface area contributed by atoms with Crippen LogP contribution in [0.3, 0.4) is 0 Å². The highest BCUT2D eigenvalue weighted by Crippen LogP contribution is 1.99. The minimum Gasteiger partial charge on any atom is -0.461 e. The van der Waals surface area contributed by atoms with Crippen LogP contribution in [-0.4, -0.2) is 33.3 Å². The van der Waals surface area contributed by atoms with Gasteiger partial charge in [-0.2, -0.15) is 0 Å². The van der Waals surface area contributed by atoms with Crippen LogP contribution in [0.4, 0.5) is 5.82 Å². The van der Waals surface area contributed by atoms with Crippen LogP contribution in [0.1, 0.15) is 20.8 Å². The number of aromatic amines is 2. The topological polar surface area (TPSA) is 99.9 Å². The number of carbonyl (C=O) groups excluding carboxylic acids is 1. The molecule has 0 aliphatic heterocycles. The fourth-order valence-corrected chi connectivity index (χ4v) is 1.18. The standard InChI is InChI=1S/C9H14N4O3S/c1-4(2)16-8(15)5(3)10-6-7(14)11-9(17)13-12-6/h4-5H,1-3H3,(H,10,12)(H2,11,13,14,17)/t5-/m1/s1. The van der Waals surface area contributed by atoms with Crippen LogP contribution in [0.5, 0.6) is 0 Å². The van der Waals surface area contributed by atoms with Crippen molar-refractivity contribution < 1.29 is 9.53 Å². The van der Waals surface area contributed by atoms with E-state index >= 15 is 0 Å². The Bertz CT molecular complexity index is 507. The Labute approximate surface area is 103 Å². The lowest BCUT2D eigenvalue weighted by Gasteiger charge is -2.14. The van der Waals surface area contributed by atoms with Gasteiger partial charge in [-0.25, -0.2) is 4.79 Å². The number of H-pyrrole nitrogens is 2. The van der Waals surface area contributed by atoms with Crippen molar-refractivity contribution in [1.82, 2.24) is 15.2 Å². The molecule has 1 aromatic rings. The van der Waals surface area contributed by atoms with Gasteiger partial charge in [0.2, 0.25) is 5.82 Å². The van der Waals surface area contributed by atoms with Gasteiger partial charge in [-0.15, -0.1) is 5.10 Å². The third-order valence-corrected chi connectivity index (χ3v) is 1.96. The number of hydrogen-bond acceptors (Lipinski definition) is 6. The maximum Gasteiger partial charge on any atom is 0.328 e. The van der Waals surface area contributed by atoms with Crippen LogP contribution in [0.15, 0.2) is 4.79 Å². The van der Waals surface area contributed by atoms with E-state index in [4.69, 9.17) is 4.74 Å². The van der Waals surface area contributed by atoms with E-state index in [0.29, 0.717) is 0 Å². The number of nitrogens with zero attached hydrogens (tertiary/aromatic N) is 1. The summed E-state index contributed by atoms with van der Waals surface area (Å²) in [4.78, 5) is 25.2. The molecule has 0 aliphatic carbocycles. The van der Waals surface area contributed by atoms with Crippen molar-refractivity contribution in [3.63, 3.8) is 0 Å². The molecule has 94 valence electrons. The molecule has 0 aromatic carbocycles. The Morgan fingerprint density at radius 1 is 1.47 bits per heavy atom. The number of rotatable bonds is 4. The fraction of sp³-hybridized carbons (Fsp3) is 0.556. The highest BCUT2D eigenvalue weighted by Gasteiger charge is 2.17. The summed E-state index contributed by atoms with van der Waals surface area (Å²) in [5.74, 6) is -0.463. The second-order valence-corrected chi connectivity index (χ2v) is 4.12. The summed E-state index contributed by atoms with van der Waals surface area (Å²) in [6, 6.07) is -0.671. The van der Waals surface area contributed by atoms with Crippen molar-refractivity contribution in [2.45, 2.75) is 32.9 Å². The molecular weight excluding hydrogens is 244 g/mol. The summed E-state index contributed by atoms with van der Waals surface area (Å²) in [6.07, 6.45) is -0.209. The van der Waals surface area contributed by atoms with E-state index in [1.165, 1.54) is 0 Å². The van der Waals surface area contributed by atoms with Crippen LogP contribution in [0.25, 0.3) is 0 Å². The predicted molar refractivity (Wildman–Crippen MR) is 64.4 cm³/mol. The highest BCUT2D eigenvalue weighted by atomic mass is 32.1. The zero-order valence-electron chi connectivity index (χ0n) is 9.73. The first-order chi connectivity index (χ1) is 7.90. The van der Waals surface area contributed by atoms with Gasteiger partial charge in [0, 0.05) is 0 Å². The van der Waals surface area contributed by atoms with Crippen molar-refractivity contribution in [1.29, 1.82) is 0 Å². The van der Waals surface area contributed by atoms with Gasteiger partial charge in [-0.1, -0.05) is 0 Å². The maximum absolute atomic E-state index is 11.5. The summed E-state index contributed by atoms with van der Waals surface area (Å²) < 4.78 is 5.10. The Hall–Kier alpha value is -1.70. The molecule has 1 atom stereocenters. The molecule has 7 nitrogen and oxygen atoms in total. The zero-order chi connectivity index (χ0) is 13.0. The van der Waals surface area contributed by atoms with Crippen molar-refractivity contribution in [3.05, 3.63) is 15.1 Å². The summed E-state index contributed by atoms with van der Waals surface area (Å²) in [6.45, 7) is 5.07. The largest absolute Gasteiger partial charge is 0.461 e. The molecule has 17 heavy (non-hydrogen) atoms. The number of carbonyl (C=O) groups is 1. The SMILES string of the molecule is CC(C)OC(=O)[C@@H](C)Nc1n[nH]c(=S)[nH]c1=O. The van der Waals surface area contributed by atoms with Gasteiger partial charge in [-0.05, 0) is 33.0 Å². The minimum absolute atomic E-state index is 0.00759. The van der Waals surface area contributed by atoms with Crippen molar-refractivity contribution in [2.24, 2.45) is 0 Å². The van der Waals surface area contributed by atoms with Gasteiger partial charge in [0.25, 0.3) is 5.56 Å². The quantitative estimate of drug-likeness (QED) is 0.539. The van der Waals surface area contributed by atoms with E-state index in [-0.39, 0.29) is 16.7 Å². The summed E-state index contributed by atoms with van der Waals surface area (Å²) in [5.41, 5.74) is -0.488. The van der Waals surface area contributed by atoms with Gasteiger partial charge >= 0.3 is 5.97 Å². The van der Waals surface area contributed by atoms with E-state index < -0.39 is 17.6 Å². The molecule has 0 saturated heterocycles. The zero-order valence-corrected chi connectivity index (χ0v) is 10.6. The molecule has 0 radical (unpaired) electrons. The van der Waals surface area contributed by atoms with Crippen LogP contribution in [0, 0.1) is 4.77 Å². The lowest BCUT2D eigenvalue weighted by atomic mass is 10.3. The molecule has 8 heteroatoms. The number of aromatic nitrogens is 3. The smallest absolute Gasteiger partial charge is 0.328 e. The Kier molecular flexibility index (Phi) is 4.38. The molecule has 0 aliphatic rings. The summed E-state index contributed by atoms with van der Waals surface area (Å²) >= 11 is 4.69. The summed E-state index contributed by atoms with van der Waals surface area (Å²) in [7, 11) is 0. The second-order valence-electron chi connectivity index (χ2n) is 3.71. The number of hydrogen-bond donors (Lipinski definition) is 3. The van der Waals surface area contributed by atoms with Gasteiger partial charge in [0.05, 0.1) is 6.10 Å². The number of anilines is 1. The van der Waals surface area contributed by atoms with Crippen molar-refractivity contribution >= 4 is 24.0 Å². The van der Waals surface area contributed by atoms with Crippen molar-refractivity contribution in [3.8, 4) is 0 Å². The molecule has 1 rings (SSSR count). The molecule has 0 amide bonds. The van der Waals surface area contributed by atoms with E-state index in [1.807, 2.05) is 0 Å². The average molecular weight is 258 g/mol. The predicted octanol–water partition coefficient (Wildman–Crippen LogP) is 0.579. The Morgan fingerprint density at radius 2 is 2.12 bits per heavy atom. The molecule has 0 bridgehead atoms. The van der Waals surface area contributed by atoms with Crippen molar-refractivity contribution in [2.75, 3.05) is 5.32 Å². The lowest BCUT2D eigenvalue weighted by molar-refractivity contribution is -0.147. The molecule has 3 N–H and O–H groups in total. The minimum atomic E-state index is -0.671. The van der Waals surface area contributed by atoms with E-state index in [1.54, 1.807) is 20.8 Å². The van der Waals surface area contributed by atoms with Gasteiger partial charge in [-0.3, -0.25) is 14.9 Å². The van der Waals surface area contributed by atoms with Gasteiger partial charge in [0.1, 0.15) is 6.04 Å². The molecule has 1 aromatic heterocycles. The highest BCUT2D eigenvalue weighted by molar-refractivity contribution is 7.71. The molecule has 1 heterocycles. The number of esters is 1. The van der Waals surface area contributed by atoms with Crippen LogP contribution < -0.4 is 10.9 Å². The molecule has 0 spiro atoms. The van der Waals surface area contributed by atoms with Crippen LogP contribution in [-0.2, 0) is 9.53 Å². The van der Waals surface area contributed by atoms with E-state index in [2.05, 4.69) is 32.7 Å². The normalized spacial score (nSPS) is 12.2. The molecule has 0 saturated carbocycles. The fourth-order valence-electron chi connectivity index (χ4n) is 1.04. The first kappa shape index (κ1) is 13.4. The summed E-state index contributed by atoms with van der Waals surface area (Å²) in [5, 5.41) is 8.74. The maximum atomic E-state index is 11.5. The van der Waals surface area contributed by atoms with E-state index in [9.17, 15) is 9.59 Å². The third-order valence-electron chi connectivity index (χ3n) is 1.77. The monoisotopic (exact) mass is 258 g/mol. The lowest BCUT2D eigenvalue weighted by Crippen LogP contribution is -2.33. The molecule has 0 fully saturated rings. The Morgan fingerprint density at radius 3 is 2.65 bits per heavy atom.